The van der Waals surface area contributed by atoms with Crippen molar-refractivity contribution in [3.63, 3.8) is 0 Å². The highest BCUT2D eigenvalue weighted by Crippen LogP contribution is 2.28. The van der Waals surface area contributed by atoms with E-state index in [1.807, 2.05) is 6.07 Å². The molecule has 0 radical (unpaired) electrons. The van der Waals surface area contributed by atoms with E-state index >= 15 is 0 Å². The van der Waals surface area contributed by atoms with E-state index in [0.717, 1.165) is 25.9 Å². The molecule has 1 aromatic rings. The van der Waals surface area contributed by atoms with Crippen molar-refractivity contribution in [3.05, 3.63) is 35.9 Å². The number of nitrogens with zero attached hydrogens (tertiary/aromatic N) is 1. The number of hydrogen-bond acceptors (Lipinski definition) is 3. The van der Waals surface area contributed by atoms with Crippen LogP contribution < -0.4 is 5.73 Å². The van der Waals surface area contributed by atoms with Gasteiger partial charge < -0.3 is 10.8 Å². The second kappa shape index (κ2) is 6.32. The smallest absolute Gasteiger partial charge is 0.0496 e. The quantitative estimate of drug-likeness (QED) is 0.854. The van der Waals surface area contributed by atoms with Gasteiger partial charge in [-0.2, -0.15) is 0 Å². The van der Waals surface area contributed by atoms with Crippen molar-refractivity contribution in [2.75, 3.05) is 19.7 Å². The number of rotatable bonds is 4. The van der Waals surface area contributed by atoms with Gasteiger partial charge in [-0.15, -0.1) is 0 Å². The van der Waals surface area contributed by atoms with Crippen LogP contribution in [-0.4, -0.2) is 35.7 Å². The highest BCUT2D eigenvalue weighted by Gasteiger charge is 2.27. The van der Waals surface area contributed by atoms with Crippen molar-refractivity contribution in [1.82, 2.24) is 4.90 Å². The largest absolute Gasteiger partial charge is 0.396 e. The van der Waals surface area contributed by atoms with Crippen molar-refractivity contribution < 1.29 is 5.11 Å². The molecule has 100 valence electrons. The van der Waals surface area contributed by atoms with E-state index in [4.69, 9.17) is 5.73 Å². The zero-order chi connectivity index (χ0) is 13.0. The molecule has 2 unspecified atom stereocenters. The second-order valence-electron chi connectivity index (χ2n) is 5.38. The van der Waals surface area contributed by atoms with Crippen LogP contribution in [0.4, 0.5) is 0 Å². The van der Waals surface area contributed by atoms with Gasteiger partial charge in [0.1, 0.15) is 0 Å². The summed E-state index contributed by atoms with van der Waals surface area (Å²) in [4.78, 5) is 2.46. The first-order chi connectivity index (χ1) is 8.72. The molecule has 0 saturated carbocycles. The lowest BCUT2D eigenvalue weighted by molar-refractivity contribution is 0.0915. The molecule has 0 aliphatic carbocycles. The first-order valence-corrected chi connectivity index (χ1v) is 6.88. The molecule has 1 aliphatic rings. The predicted molar refractivity (Wildman–Crippen MR) is 74.2 cm³/mol. The Labute approximate surface area is 110 Å². The van der Waals surface area contributed by atoms with E-state index in [1.54, 1.807) is 0 Å². The van der Waals surface area contributed by atoms with Crippen molar-refractivity contribution >= 4 is 0 Å². The summed E-state index contributed by atoms with van der Waals surface area (Å²) < 4.78 is 0. The van der Waals surface area contributed by atoms with Crippen LogP contribution in [-0.2, 0) is 0 Å². The first kappa shape index (κ1) is 13.5. The van der Waals surface area contributed by atoms with E-state index < -0.39 is 0 Å². The van der Waals surface area contributed by atoms with Gasteiger partial charge in [-0.05, 0) is 44.3 Å². The molecular formula is C15H24N2O. The molecule has 0 aromatic heterocycles. The van der Waals surface area contributed by atoms with Gasteiger partial charge in [-0.25, -0.2) is 0 Å². The lowest BCUT2D eigenvalue weighted by Crippen LogP contribution is -2.44. The number of likely N-dealkylation sites (tertiary alicyclic amines) is 1. The molecule has 1 aliphatic heterocycles. The van der Waals surface area contributed by atoms with Crippen LogP contribution >= 0.6 is 0 Å². The molecule has 0 spiro atoms. The standard InChI is InChI=1S/C15H24N2O/c1-12(16)15(14-5-3-2-4-6-14)17-9-7-13(11-18)8-10-17/h2-6,12-13,15,18H,7-11,16H2,1H3. The molecule has 1 saturated heterocycles. The monoisotopic (exact) mass is 248 g/mol. The van der Waals surface area contributed by atoms with Crippen molar-refractivity contribution in [2.24, 2.45) is 11.7 Å². The maximum atomic E-state index is 9.20. The van der Waals surface area contributed by atoms with Gasteiger partial charge in [-0.3, -0.25) is 4.90 Å². The molecule has 3 nitrogen and oxygen atoms in total. The van der Waals surface area contributed by atoms with Crippen LogP contribution in [0.2, 0.25) is 0 Å². The number of aliphatic hydroxyl groups excluding tert-OH is 1. The van der Waals surface area contributed by atoms with E-state index in [9.17, 15) is 5.11 Å². The van der Waals surface area contributed by atoms with E-state index in [1.165, 1.54) is 5.56 Å². The molecular weight excluding hydrogens is 224 g/mol. The number of nitrogens with two attached hydrogens (primary N) is 1. The molecule has 3 heteroatoms. The molecule has 1 fully saturated rings. The molecule has 2 atom stereocenters. The van der Waals surface area contributed by atoms with Crippen LogP contribution in [0.25, 0.3) is 0 Å². The van der Waals surface area contributed by atoms with Crippen LogP contribution in [0.15, 0.2) is 30.3 Å². The van der Waals surface area contributed by atoms with Gasteiger partial charge in [0.2, 0.25) is 0 Å². The van der Waals surface area contributed by atoms with E-state index in [2.05, 4.69) is 36.1 Å². The summed E-state index contributed by atoms with van der Waals surface area (Å²) in [5.41, 5.74) is 7.48. The normalized spacial score (nSPS) is 21.7. The fraction of sp³-hybridized carbons (Fsp3) is 0.600. The number of hydrogen-bond donors (Lipinski definition) is 2. The fourth-order valence-electron chi connectivity index (χ4n) is 2.91. The Balaban J connectivity index is 2.08. The third kappa shape index (κ3) is 3.10. The zero-order valence-electron chi connectivity index (χ0n) is 11.1. The summed E-state index contributed by atoms with van der Waals surface area (Å²) in [5, 5.41) is 9.20. The Hall–Kier alpha value is -0.900. The molecule has 0 bridgehead atoms. The predicted octanol–water partition coefficient (Wildman–Crippen LogP) is 1.78. The third-order valence-electron chi connectivity index (χ3n) is 3.94. The zero-order valence-corrected chi connectivity index (χ0v) is 11.1. The topological polar surface area (TPSA) is 49.5 Å². The highest BCUT2D eigenvalue weighted by atomic mass is 16.3. The van der Waals surface area contributed by atoms with Gasteiger partial charge >= 0.3 is 0 Å². The Morgan fingerprint density at radius 3 is 2.39 bits per heavy atom. The summed E-state index contributed by atoms with van der Waals surface area (Å²) in [6.07, 6.45) is 2.15. The van der Waals surface area contributed by atoms with Gasteiger partial charge in [0.05, 0.1) is 0 Å². The van der Waals surface area contributed by atoms with Crippen LogP contribution in [0, 0.1) is 5.92 Å². The van der Waals surface area contributed by atoms with Crippen molar-refractivity contribution in [2.45, 2.75) is 31.8 Å². The fourth-order valence-corrected chi connectivity index (χ4v) is 2.91. The van der Waals surface area contributed by atoms with Gasteiger partial charge in [-0.1, -0.05) is 30.3 Å². The maximum Gasteiger partial charge on any atom is 0.0496 e. The Morgan fingerprint density at radius 2 is 1.89 bits per heavy atom. The minimum absolute atomic E-state index is 0.123. The average molecular weight is 248 g/mol. The van der Waals surface area contributed by atoms with E-state index in [0.29, 0.717) is 18.6 Å². The first-order valence-electron chi connectivity index (χ1n) is 6.88. The summed E-state index contributed by atoms with van der Waals surface area (Å²) in [6.45, 7) is 4.47. The third-order valence-corrected chi connectivity index (χ3v) is 3.94. The number of benzene rings is 1. The summed E-state index contributed by atoms with van der Waals surface area (Å²) in [6, 6.07) is 10.9. The Kier molecular flexibility index (Phi) is 4.75. The molecule has 3 N–H and O–H groups in total. The second-order valence-corrected chi connectivity index (χ2v) is 5.38. The molecule has 2 rings (SSSR count). The van der Waals surface area contributed by atoms with Crippen molar-refractivity contribution in [1.29, 1.82) is 0 Å². The van der Waals surface area contributed by atoms with Crippen molar-refractivity contribution in [3.8, 4) is 0 Å². The van der Waals surface area contributed by atoms with Crippen LogP contribution in [0.1, 0.15) is 31.4 Å². The van der Waals surface area contributed by atoms with Gasteiger partial charge in [0.25, 0.3) is 0 Å². The SMILES string of the molecule is CC(N)C(c1ccccc1)N1CCC(CO)CC1. The lowest BCUT2D eigenvalue weighted by atomic mass is 9.92. The number of aliphatic hydroxyl groups is 1. The summed E-state index contributed by atoms with van der Waals surface area (Å²) >= 11 is 0. The van der Waals surface area contributed by atoms with Gasteiger partial charge in [0, 0.05) is 18.7 Å². The van der Waals surface area contributed by atoms with Gasteiger partial charge in [0.15, 0.2) is 0 Å². The van der Waals surface area contributed by atoms with E-state index in [-0.39, 0.29) is 6.04 Å². The highest BCUT2D eigenvalue weighted by molar-refractivity contribution is 5.20. The molecule has 1 heterocycles. The minimum Gasteiger partial charge on any atom is -0.396 e. The van der Waals surface area contributed by atoms with Crippen LogP contribution in [0.5, 0.6) is 0 Å². The molecule has 0 amide bonds. The summed E-state index contributed by atoms with van der Waals surface area (Å²) in [7, 11) is 0. The average Bonchev–Trinajstić information content (AvgIpc) is 2.40. The number of piperidine rings is 1. The minimum atomic E-state index is 0.123. The summed E-state index contributed by atoms with van der Waals surface area (Å²) in [5.74, 6) is 0.478. The lowest BCUT2D eigenvalue weighted by Gasteiger charge is -2.39. The maximum absolute atomic E-state index is 9.20. The molecule has 18 heavy (non-hydrogen) atoms. The Bertz CT molecular complexity index is 345. The van der Waals surface area contributed by atoms with Crippen LogP contribution in [0.3, 0.4) is 0 Å². The Morgan fingerprint density at radius 1 is 1.28 bits per heavy atom. The molecule has 1 aromatic carbocycles.